The summed E-state index contributed by atoms with van der Waals surface area (Å²) < 4.78 is 0. The van der Waals surface area contributed by atoms with Gasteiger partial charge in [-0.15, -0.1) is 0 Å². The van der Waals surface area contributed by atoms with Crippen molar-refractivity contribution >= 4 is 5.91 Å². The van der Waals surface area contributed by atoms with E-state index >= 15 is 0 Å². The standard InChI is InChI=1S/C12H20N2O/c1-2-12(7-3-4-8-12)11(15)14-10-6-5-9-13/h2-8,10H2,1H3,(H,14,15). The predicted molar refractivity (Wildman–Crippen MR) is 59.0 cm³/mol. The molecule has 0 aromatic heterocycles. The predicted octanol–water partition coefficient (Wildman–Crippen LogP) is 2.38. The summed E-state index contributed by atoms with van der Waals surface area (Å²) >= 11 is 0. The normalized spacial score (nSPS) is 18.4. The second-order valence-electron chi connectivity index (χ2n) is 4.36. The van der Waals surface area contributed by atoms with Crippen LogP contribution in [0.5, 0.6) is 0 Å². The van der Waals surface area contributed by atoms with Crippen LogP contribution in [0.25, 0.3) is 0 Å². The minimum Gasteiger partial charge on any atom is -0.356 e. The largest absolute Gasteiger partial charge is 0.356 e. The SMILES string of the molecule is CCC1(C(=O)NCCCC#N)CCCC1. The second kappa shape index (κ2) is 5.75. The van der Waals surface area contributed by atoms with Crippen molar-refractivity contribution in [3.8, 4) is 6.07 Å². The molecule has 1 aliphatic rings. The summed E-state index contributed by atoms with van der Waals surface area (Å²) in [7, 11) is 0. The molecule has 1 N–H and O–H groups in total. The van der Waals surface area contributed by atoms with E-state index in [0.29, 0.717) is 13.0 Å². The molecule has 0 spiro atoms. The number of unbranched alkanes of at least 4 members (excludes halogenated alkanes) is 1. The van der Waals surface area contributed by atoms with Gasteiger partial charge in [-0.3, -0.25) is 4.79 Å². The van der Waals surface area contributed by atoms with Crippen molar-refractivity contribution < 1.29 is 4.79 Å². The molecule has 0 aromatic carbocycles. The minimum absolute atomic E-state index is 0.0906. The lowest BCUT2D eigenvalue weighted by Crippen LogP contribution is -2.39. The van der Waals surface area contributed by atoms with Crippen molar-refractivity contribution in [2.24, 2.45) is 5.41 Å². The molecule has 0 radical (unpaired) electrons. The van der Waals surface area contributed by atoms with Gasteiger partial charge in [0.1, 0.15) is 0 Å². The van der Waals surface area contributed by atoms with Crippen molar-refractivity contribution in [1.82, 2.24) is 5.32 Å². The Morgan fingerprint density at radius 3 is 2.67 bits per heavy atom. The van der Waals surface area contributed by atoms with Crippen molar-refractivity contribution in [2.75, 3.05) is 6.54 Å². The van der Waals surface area contributed by atoms with Crippen molar-refractivity contribution in [3.05, 3.63) is 0 Å². The molecule has 1 fully saturated rings. The van der Waals surface area contributed by atoms with E-state index in [1.165, 1.54) is 12.8 Å². The second-order valence-corrected chi connectivity index (χ2v) is 4.36. The van der Waals surface area contributed by atoms with Crippen molar-refractivity contribution in [1.29, 1.82) is 5.26 Å². The molecule has 15 heavy (non-hydrogen) atoms. The van der Waals surface area contributed by atoms with Crippen LogP contribution in [0.1, 0.15) is 51.9 Å². The van der Waals surface area contributed by atoms with Gasteiger partial charge < -0.3 is 5.32 Å². The zero-order valence-electron chi connectivity index (χ0n) is 9.51. The summed E-state index contributed by atoms with van der Waals surface area (Å²) in [5, 5.41) is 11.3. The molecule has 1 amide bonds. The fourth-order valence-corrected chi connectivity index (χ4v) is 2.35. The average molecular weight is 208 g/mol. The fourth-order valence-electron chi connectivity index (χ4n) is 2.35. The number of rotatable bonds is 5. The zero-order valence-corrected chi connectivity index (χ0v) is 9.51. The highest BCUT2D eigenvalue weighted by Crippen LogP contribution is 2.40. The molecular weight excluding hydrogens is 188 g/mol. The Hall–Kier alpha value is -1.04. The molecule has 1 saturated carbocycles. The Kier molecular flexibility index (Phi) is 4.61. The van der Waals surface area contributed by atoms with Gasteiger partial charge in [0.15, 0.2) is 0 Å². The topological polar surface area (TPSA) is 52.9 Å². The summed E-state index contributed by atoms with van der Waals surface area (Å²) in [5.74, 6) is 0.209. The first kappa shape index (κ1) is 12.0. The zero-order chi connectivity index (χ0) is 11.1. The van der Waals surface area contributed by atoms with Gasteiger partial charge in [-0.25, -0.2) is 0 Å². The molecule has 0 aliphatic heterocycles. The van der Waals surface area contributed by atoms with Gasteiger partial charge in [0, 0.05) is 18.4 Å². The average Bonchev–Trinajstić information content (AvgIpc) is 2.74. The minimum atomic E-state index is -0.0906. The van der Waals surface area contributed by atoms with Crippen molar-refractivity contribution in [2.45, 2.75) is 51.9 Å². The number of nitriles is 1. The Balaban J connectivity index is 2.34. The number of hydrogen-bond acceptors (Lipinski definition) is 2. The lowest BCUT2D eigenvalue weighted by atomic mass is 9.82. The molecule has 0 atom stereocenters. The first-order valence-electron chi connectivity index (χ1n) is 5.90. The molecule has 0 bridgehead atoms. The molecule has 0 unspecified atom stereocenters. The summed E-state index contributed by atoms with van der Waals surface area (Å²) in [6.07, 6.45) is 6.67. The number of amides is 1. The van der Waals surface area contributed by atoms with Crippen LogP contribution in [-0.4, -0.2) is 12.5 Å². The van der Waals surface area contributed by atoms with Crippen LogP contribution >= 0.6 is 0 Å². The number of hydrogen-bond donors (Lipinski definition) is 1. The molecular formula is C12H20N2O. The van der Waals surface area contributed by atoms with Crippen LogP contribution in [0.4, 0.5) is 0 Å². The highest BCUT2D eigenvalue weighted by Gasteiger charge is 2.38. The smallest absolute Gasteiger partial charge is 0.226 e. The van der Waals surface area contributed by atoms with Gasteiger partial charge in [-0.1, -0.05) is 19.8 Å². The first-order valence-corrected chi connectivity index (χ1v) is 5.90. The summed E-state index contributed by atoms with van der Waals surface area (Å²) in [4.78, 5) is 12.0. The van der Waals surface area contributed by atoms with Crippen LogP contribution in [0.3, 0.4) is 0 Å². The molecule has 84 valence electrons. The van der Waals surface area contributed by atoms with E-state index in [9.17, 15) is 4.79 Å². The number of nitrogens with zero attached hydrogens (tertiary/aromatic N) is 1. The van der Waals surface area contributed by atoms with Crippen molar-refractivity contribution in [3.63, 3.8) is 0 Å². The quantitative estimate of drug-likeness (QED) is 0.705. The van der Waals surface area contributed by atoms with Gasteiger partial charge in [0.2, 0.25) is 5.91 Å². The van der Waals surface area contributed by atoms with Crippen LogP contribution in [0.15, 0.2) is 0 Å². The number of nitrogens with one attached hydrogen (secondary N) is 1. The highest BCUT2D eigenvalue weighted by molar-refractivity contribution is 5.82. The van der Waals surface area contributed by atoms with E-state index in [-0.39, 0.29) is 11.3 Å². The van der Waals surface area contributed by atoms with Crippen LogP contribution in [-0.2, 0) is 4.79 Å². The van der Waals surface area contributed by atoms with E-state index in [0.717, 1.165) is 25.7 Å². The molecule has 3 nitrogen and oxygen atoms in total. The maximum Gasteiger partial charge on any atom is 0.226 e. The molecule has 1 rings (SSSR count). The third-order valence-electron chi connectivity index (χ3n) is 3.47. The highest BCUT2D eigenvalue weighted by atomic mass is 16.2. The van der Waals surface area contributed by atoms with Crippen LogP contribution < -0.4 is 5.32 Å². The lowest BCUT2D eigenvalue weighted by Gasteiger charge is -2.25. The first-order chi connectivity index (χ1) is 7.25. The van der Waals surface area contributed by atoms with Gasteiger partial charge in [0.25, 0.3) is 0 Å². The van der Waals surface area contributed by atoms with Gasteiger partial charge in [0.05, 0.1) is 6.07 Å². The lowest BCUT2D eigenvalue weighted by molar-refractivity contribution is -0.131. The fraction of sp³-hybridized carbons (Fsp3) is 0.833. The van der Waals surface area contributed by atoms with Crippen LogP contribution in [0, 0.1) is 16.7 Å². The van der Waals surface area contributed by atoms with E-state index in [1.807, 2.05) is 0 Å². The monoisotopic (exact) mass is 208 g/mol. The van der Waals surface area contributed by atoms with Gasteiger partial charge >= 0.3 is 0 Å². The Morgan fingerprint density at radius 1 is 1.47 bits per heavy atom. The van der Waals surface area contributed by atoms with Gasteiger partial charge in [-0.05, 0) is 25.7 Å². The summed E-state index contributed by atoms with van der Waals surface area (Å²) in [5.41, 5.74) is -0.0906. The third-order valence-corrected chi connectivity index (χ3v) is 3.47. The third kappa shape index (κ3) is 2.95. The summed E-state index contributed by atoms with van der Waals surface area (Å²) in [6, 6.07) is 2.08. The Bertz CT molecular complexity index is 249. The van der Waals surface area contributed by atoms with E-state index in [2.05, 4.69) is 18.3 Å². The molecule has 3 heteroatoms. The van der Waals surface area contributed by atoms with Crippen LogP contribution in [0.2, 0.25) is 0 Å². The van der Waals surface area contributed by atoms with E-state index in [1.54, 1.807) is 0 Å². The number of carbonyl (C=O) groups excluding carboxylic acids is 1. The molecule has 0 aromatic rings. The van der Waals surface area contributed by atoms with Gasteiger partial charge in [-0.2, -0.15) is 5.26 Å². The number of carbonyl (C=O) groups is 1. The molecule has 0 heterocycles. The van der Waals surface area contributed by atoms with E-state index in [4.69, 9.17) is 5.26 Å². The Labute approximate surface area is 91.9 Å². The van der Waals surface area contributed by atoms with E-state index < -0.39 is 0 Å². The molecule has 0 saturated heterocycles. The maximum atomic E-state index is 12.0. The summed E-state index contributed by atoms with van der Waals surface area (Å²) in [6.45, 7) is 2.74. The molecule has 1 aliphatic carbocycles. The Morgan fingerprint density at radius 2 is 2.13 bits per heavy atom. The maximum absolute atomic E-state index is 12.0.